The van der Waals surface area contributed by atoms with Gasteiger partial charge in [0.05, 0.1) is 0 Å². The van der Waals surface area contributed by atoms with Crippen LogP contribution in [0.4, 0.5) is 26.3 Å². The SMILES string of the molecule is CN(C)OCON.O=C(O)C(F)(F)F.O=C(O)C(F)(F)F. The average molecular weight is 334 g/mol. The van der Waals surface area contributed by atoms with Crippen LogP contribution < -0.4 is 5.90 Å². The number of rotatable bonds is 3. The Bertz CT molecular complexity index is 281. The van der Waals surface area contributed by atoms with Gasteiger partial charge in [-0.05, 0) is 0 Å². The molecular formula is C7H12F6N2O6. The summed E-state index contributed by atoms with van der Waals surface area (Å²) in [7, 11) is 3.50. The van der Waals surface area contributed by atoms with Crippen molar-refractivity contribution < 1.29 is 55.8 Å². The Labute approximate surface area is 113 Å². The van der Waals surface area contributed by atoms with Crippen LogP contribution in [0.1, 0.15) is 0 Å². The van der Waals surface area contributed by atoms with Crippen molar-refractivity contribution in [3.05, 3.63) is 0 Å². The topological polar surface area (TPSA) is 122 Å². The van der Waals surface area contributed by atoms with E-state index in [2.05, 4.69) is 15.6 Å². The summed E-state index contributed by atoms with van der Waals surface area (Å²) in [5, 5.41) is 15.8. The summed E-state index contributed by atoms with van der Waals surface area (Å²) in [6.07, 6.45) is -10.2. The number of hydrogen-bond donors (Lipinski definition) is 3. The standard InChI is InChI=1S/C3H10N2O2.2C2HF3O2/c1-5(2)7-3-6-4;2*3-2(4,5)1(6)7/h3-4H2,1-2H3;2*(H,6,7). The van der Waals surface area contributed by atoms with Crippen molar-refractivity contribution in [1.82, 2.24) is 5.06 Å². The van der Waals surface area contributed by atoms with E-state index >= 15 is 0 Å². The van der Waals surface area contributed by atoms with Crippen LogP contribution in [0, 0.1) is 0 Å². The fourth-order valence-corrected chi connectivity index (χ4v) is 0.136. The minimum Gasteiger partial charge on any atom is -0.475 e. The lowest BCUT2D eigenvalue weighted by molar-refractivity contribution is -0.199. The maximum Gasteiger partial charge on any atom is 0.490 e. The van der Waals surface area contributed by atoms with E-state index in [9.17, 15) is 26.3 Å². The maximum atomic E-state index is 10.6. The molecule has 128 valence electrons. The molecule has 0 aliphatic heterocycles. The Morgan fingerprint density at radius 1 is 1.00 bits per heavy atom. The monoisotopic (exact) mass is 334 g/mol. The summed E-state index contributed by atoms with van der Waals surface area (Å²) in [5.74, 6) is -0.889. The highest BCUT2D eigenvalue weighted by molar-refractivity contribution is 5.73. The Morgan fingerprint density at radius 3 is 1.29 bits per heavy atom. The highest BCUT2D eigenvalue weighted by Crippen LogP contribution is 2.13. The van der Waals surface area contributed by atoms with Crippen LogP contribution in [0.15, 0.2) is 0 Å². The number of hydrogen-bond acceptors (Lipinski definition) is 6. The highest BCUT2D eigenvalue weighted by Gasteiger charge is 2.38. The normalized spacial score (nSPS) is 11.0. The third kappa shape index (κ3) is 23.8. The van der Waals surface area contributed by atoms with Crippen LogP contribution in [0.3, 0.4) is 0 Å². The number of aliphatic carboxylic acids is 2. The van der Waals surface area contributed by atoms with E-state index < -0.39 is 24.3 Å². The van der Waals surface area contributed by atoms with E-state index in [1.807, 2.05) is 0 Å². The second kappa shape index (κ2) is 11.1. The molecule has 8 nitrogen and oxygen atoms in total. The third-order valence-electron chi connectivity index (χ3n) is 0.864. The van der Waals surface area contributed by atoms with Gasteiger partial charge in [0.1, 0.15) is 0 Å². The maximum absolute atomic E-state index is 10.6. The Hall–Kier alpha value is -1.64. The third-order valence-corrected chi connectivity index (χ3v) is 0.864. The molecule has 0 spiro atoms. The molecule has 0 aliphatic carbocycles. The quantitative estimate of drug-likeness (QED) is 0.389. The van der Waals surface area contributed by atoms with Crippen LogP contribution in [-0.4, -0.2) is 60.5 Å². The van der Waals surface area contributed by atoms with Gasteiger partial charge < -0.3 is 10.2 Å². The number of carbonyl (C=O) groups is 2. The number of carboxylic acids is 2. The molecule has 0 rings (SSSR count). The van der Waals surface area contributed by atoms with E-state index in [1.54, 1.807) is 14.1 Å². The average Bonchev–Trinajstić information content (AvgIpc) is 2.25. The Kier molecular flexibility index (Phi) is 12.8. The van der Waals surface area contributed by atoms with Gasteiger partial charge >= 0.3 is 24.3 Å². The van der Waals surface area contributed by atoms with Crippen molar-refractivity contribution in [3.63, 3.8) is 0 Å². The van der Waals surface area contributed by atoms with Crippen molar-refractivity contribution in [3.8, 4) is 0 Å². The highest BCUT2D eigenvalue weighted by atomic mass is 19.4. The van der Waals surface area contributed by atoms with Crippen molar-refractivity contribution in [2.24, 2.45) is 5.90 Å². The number of alkyl halides is 6. The Morgan fingerprint density at radius 2 is 1.24 bits per heavy atom. The van der Waals surface area contributed by atoms with Crippen LogP contribution in [0.5, 0.6) is 0 Å². The number of hydroxylamine groups is 2. The van der Waals surface area contributed by atoms with E-state index in [0.717, 1.165) is 0 Å². The molecule has 0 aromatic heterocycles. The molecule has 0 radical (unpaired) electrons. The van der Waals surface area contributed by atoms with E-state index in [-0.39, 0.29) is 6.79 Å². The largest absolute Gasteiger partial charge is 0.490 e. The van der Waals surface area contributed by atoms with Gasteiger partial charge in [-0.2, -0.15) is 31.4 Å². The molecule has 0 saturated heterocycles. The summed E-state index contributed by atoms with van der Waals surface area (Å²) in [5.41, 5.74) is 0. The van der Waals surface area contributed by atoms with Gasteiger partial charge in [0, 0.05) is 14.1 Å². The predicted octanol–water partition coefficient (Wildman–Crippen LogP) is 0.594. The molecular weight excluding hydrogens is 322 g/mol. The van der Waals surface area contributed by atoms with Gasteiger partial charge in [0.15, 0.2) is 6.79 Å². The molecule has 0 fully saturated rings. The van der Waals surface area contributed by atoms with Gasteiger partial charge in [-0.1, -0.05) is 0 Å². The zero-order valence-electron chi connectivity index (χ0n) is 10.5. The zero-order valence-corrected chi connectivity index (χ0v) is 10.5. The summed E-state index contributed by atoms with van der Waals surface area (Å²) in [6, 6.07) is 0. The molecule has 14 heteroatoms. The van der Waals surface area contributed by atoms with Crippen LogP contribution in [0.25, 0.3) is 0 Å². The molecule has 0 unspecified atom stereocenters. The fraction of sp³-hybridized carbons (Fsp3) is 0.714. The molecule has 0 aromatic rings. The number of halogens is 6. The smallest absolute Gasteiger partial charge is 0.475 e. The molecule has 0 amide bonds. The van der Waals surface area contributed by atoms with Gasteiger partial charge in [-0.3, -0.25) is 9.68 Å². The minimum absolute atomic E-state index is 0.104. The Balaban J connectivity index is -0.000000231. The lowest BCUT2D eigenvalue weighted by Crippen LogP contribution is -2.21. The molecule has 0 saturated carbocycles. The summed E-state index contributed by atoms with van der Waals surface area (Å²) < 4.78 is 63.5. The molecule has 0 aliphatic rings. The van der Waals surface area contributed by atoms with Crippen LogP contribution >= 0.6 is 0 Å². The zero-order chi connectivity index (χ0) is 17.9. The number of nitrogens with zero attached hydrogens (tertiary/aromatic N) is 1. The summed E-state index contributed by atoms with van der Waals surface area (Å²) in [6.45, 7) is 0.104. The number of nitrogens with two attached hydrogens (primary N) is 1. The molecule has 0 bridgehead atoms. The first-order valence-corrected chi connectivity index (χ1v) is 4.38. The first-order chi connectivity index (χ1) is 9.16. The first-order valence-electron chi connectivity index (χ1n) is 4.38. The van der Waals surface area contributed by atoms with Crippen molar-refractivity contribution in [2.45, 2.75) is 12.4 Å². The lowest BCUT2D eigenvalue weighted by atomic mass is 10.7. The lowest BCUT2D eigenvalue weighted by Gasteiger charge is -2.06. The van der Waals surface area contributed by atoms with Gasteiger partial charge in [0.2, 0.25) is 0 Å². The molecule has 0 aromatic carbocycles. The second-order valence-corrected chi connectivity index (χ2v) is 2.83. The second-order valence-electron chi connectivity index (χ2n) is 2.83. The minimum atomic E-state index is -5.08. The van der Waals surface area contributed by atoms with Crippen molar-refractivity contribution in [1.29, 1.82) is 0 Å². The van der Waals surface area contributed by atoms with Gasteiger partial charge in [0.25, 0.3) is 0 Å². The summed E-state index contributed by atoms with van der Waals surface area (Å²) in [4.78, 5) is 26.6. The molecule has 21 heavy (non-hydrogen) atoms. The van der Waals surface area contributed by atoms with E-state index in [4.69, 9.17) is 19.8 Å². The van der Waals surface area contributed by atoms with Crippen molar-refractivity contribution >= 4 is 11.9 Å². The van der Waals surface area contributed by atoms with Crippen molar-refractivity contribution in [2.75, 3.05) is 20.9 Å². The fourth-order valence-electron chi connectivity index (χ4n) is 0.136. The summed E-state index contributed by atoms with van der Waals surface area (Å²) >= 11 is 0. The van der Waals surface area contributed by atoms with Gasteiger partial charge in [-0.15, -0.1) is 0 Å². The van der Waals surface area contributed by atoms with E-state index in [1.165, 1.54) is 5.06 Å². The number of carboxylic acid groups (broad SMARTS) is 2. The molecule has 0 atom stereocenters. The first kappa shape index (κ1) is 24.4. The van der Waals surface area contributed by atoms with Crippen LogP contribution in [-0.2, 0) is 19.3 Å². The molecule has 4 N–H and O–H groups in total. The van der Waals surface area contributed by atoms with Crippen LogP contribution in [0.2, 0.25) is 0 Å². The molecule has 0 heterocycles. The van der Waals surface area contributed by atoms with E-state index in [0.29, 0.717) is 0 Å². The van der Waals surface area contributed by atoms with Gasteiger partial charge in [-0.25, -0.2) is 15.5 Å². The predicted molar refractivity (Wildman–Crippen MR) is 52.3 cm³/mol.